The summed E-state index contributed by atoms with van der Waals surface area (Å²) in [6, 6.07) is 7.60. The summed E-state index contributed by atoms with van der Waals surface area (Å²) >= 11 is 0. The molecule has 10 nitrogen and oxygen atoms in total. The highest BCUT2D eigenvalue weighted by Crippen LogP contribution is 2.29. The Labute approximate surface area is 191 Å². The maximum Gasteiger partial charge on any atom is 0.471 e. The molecule has 3 aromatic rings. The zero-order valence-electron chi connectivity index (χ0n) is 17.8. The summed E-state index contributed by atoms with van der Waals surface area (Å²) in [6.45, 7) is 0.919. The van der Waals surface area contributed by atoms with Gasteiger partial charge in [0.05, 0.1) is 25.4 Å². The fourth-order valence-corrected chi connectivity index (χ4v) is 3.08. The van der Waals surface area contributed by atoms with E-state index in [1.165, 1.54) is 35.3 Å². The second kappa shape index (κ2) is 10.5. The Hall–Kier alpha value is -3.74. The topological polar surface area (TPSA) is 114 Å². The predicted octanol–water partition coefficient (Wildman–Crippen LogP) is 3.27. The third kappa shape index (κ3) is 6.19. The van der Waals surface area contributed by atoms with Crippen molar-refractivity contribution < 1.29 is 32.0 Å². The summed E-state index contributed by atoms with van der Waals surface area (Å²) in [7, 11) is 0. The number of halogens is 3. The predicted molar refractivity (Wildman–Crippen MR) is 111 cm³/mol. The molecular formula is C21H20F3N5O5. The molecule has 1 saturated heterocycles. The Kier molecular flexibility index (Phi) is 7.21. The van der Waals surface area contributed by atoms with Gasteiger partial charge in [-0.15, -0.1) is 0 Å². The standard InChI is InChI=1S/C21H20F3N5O5/c22-21(23,24)20-27-19(28-34-20)15-6-4-14(5-7-15)12-29-13-25-16(11-17(29)30)31-10-8-26-33-18-3-1-2-9-32-18/h4-8,11,13,18H,1-3,9-10,12H2. The van der Waals surface area contributed by atoms with Crippen LogP contribution in [0.5, 0.6) is 5.88 Å². The fraction of sp³-hybridized carbons (Fsp3) is 0.381. The van der Waals surface area contributed by atoms with Gasteiger partial charge in [0.2, 0.25) is 18.0 Å². The number of hydrogen-bond donors (Lipinski definition) is 0. The van der Waals surface area contributed by atoms with Crippen LogP contribution in [0.25, 0.3) is 11.4 Å². The van der Waals surface area contributed by atoms with Crippen molar-refractivity contribution in [3.63, 3.8) is 0 Å². The van der Waals surface area contributed by atoms with Gasteiger partial charge in [-0.25, -0.2) is 4.98 Å². The van der Waals surface area contributed by atoms with Gasteiger partial charge in [0.15, 0.2) is 0 Å². The lowest BCUT2D eigenvalue weighted by Crippen LogP contribution is -2.21. The van der Waals surface area contributed by atoms with Crippen molar-refractivity contribution in [2.75, 3.05) is 13.2 Å². The Morgan fingerprint density at radius 1 is 1.24 bits per heavy atom. The third-order valence-electron chi connectivity index (χ3n) is 4.78. The second-order valence-corrected chi connectivity index (χ2v) is 7.31. The van der Waals surface area contributed by atoms with Crippen LogP contribution in [0.3, 0.4) is 0 Å². The van der Waals surface area contributed by atoms with Crippen molar-refractivity contribution in [1.82, 2.24) is 19.7 Å². The van der Waals surface area contributed by atoms with E-state index in [1.54, 1.807) is 12.1 Å². The number of ether oxygens (including phenoxy) is 2. The molecule has 4 rings (SSSR count). The average molecular weight is 479 g/mol. The Balaban J connectivity index is 1.30. The molecular weight excluding hydrogens is 459 g/mol. The molecule has 0 spiro atoms. The number of aromatic nitrogens is 4. The van der Waals surface area contributed by atoms with Crippen molar-refractivity contribution in [3.8, 4) is 17.3 Å². The summed E-state index contributed by atoms with van der Waals surface area (Å²) in [5.41, 5.74) is 0.721. The van der Waals surface area contributed by atoms with Crippen molar-refractivity contribution in [2.45, 2.75) is 38.3 Å². The second-order valence-electron chi connectivity index (χ2n) is 7.31. The van der Waals surface area contributed by atoms with E-state index in [0.29, 0.717) is 12.2 Å². The van der Waals surface area contributed by atoms with Crippen LogP contribution < -0.4 is 10.3 Å². The average Bonchev–Trinajstić information content (AvgIpc) is 3.33. The normalized spacial score (nSPS) is 16.6. The van der Waals surface area contributed by atoms with E-state index in [1.807, 2.05) is 0 Å². The molecule has 0 radical (unpaired) electrons. The molecule has 1 unspecified atom stereocenters. The minimum atomic E-state index is -4.71. The van der Waals surface area contributed by atoms with Gasteiger partial charge < -0.3 is 18.8 Å². The first-order valence-corrected chi connectivity index (χ1v) is 10.4. The van der Waals surface area contributed by atoms with E-state index in [2.05, 4.69) is 24.8 Å². The molecule has 0 aliphatic carbocycles. The first-order chi connectivity index (χ1) is 16.4. The minimum absolute atomic E-state index is 0.0662. The molecule has 0 saturated carbocycles. The summed E-state index contributed by atoms with van der Waals surface area (Å²) < 4.78 is 54.2. The van der Waals surface area contributed by atoms with E-state index in [4.69, 9.17) is 14.3 Å². The Morgan fingerprint density at radius 2 is 2.06 bits per heavy atom. The lowest BCUT2D eigenvalue weighted by molar-refractivity contribution is -0.162. The molecule has 34 heavy (non-hydrogen) atoms. The Morgan fingerprint density at radius 3 is 2.74 bits per heavy atom. The minimum Gasteiger partial charge on any atom is -0.471 e. The van der Waals surface area contributed by atoms with E-state index >= 15 is 0 Å². The molecule has 0 amide bonds. The number of alkyl halides is 3. The van der Waals surface area contributed by atoms with Gasteiger partial charge in [0.25, 0.3) is 5.56 Å². The Bertz CT molecular complexity index is 1170. The highest BCUT2D eigenvalue weighted by atomic mass is 19.4. The highest BCUT2D eigenvalue weighted by Gasteiger charge is 2.38. The number of nitrogens with zero attached hydrogens (tertiary/aromatic N) is 5. The van der Waals surface area contributed by atoms with Crippen molar-refractivity contribution in [1.29, 1.82) is 0 Å². The van der Waals surface area contributed by atoms with Crippen molar-refractivity contribution in [2.24, 2.45) is 5.16 Å². The number of oxime groups is 1. The van der Waals surface area contributed by atoms with E-state index in [9.17, 15) is 18.0 Å². The van der Waals surface area contributed by atoms with Gasteiger partial charge in [-0.3, -0.25) is 9.36 Å². The number of benzene rings is 1. The molecule has 1 aliphatic heterocycles. The highest BCUT2D eigenvalue weighted by molar-refractivity contribution is 5.58. The van der Waals surface area contributed by atoms with Gasteiger partial charge in [0.1, 0.15) is 12.9 Å². The zero-order chi connectivity index (χ0) is 24.0. The first kappa shape index (κ1) is 23.4. The molecule has 3 heterocycles. The fourth-order valence-electron chi connectivity index (χ4n) is 3.08. The smallest absolute Gasteiger partial charge is 0.471 e. The number of hydrogen-bond acceptors (Lipinski definition) is 9. The van der Waals surface area contributed by atoms with Crippen LogP contribution in [0.2, 0.25) is 0 Å². The maximum absolute atomic E-state index is 12.6. The van der Waals surface area contributed by atoms with E-state index in [-0.39, 0.29) is 36.7 Å². The molecule has 13 heteroatoms. The van der Waals surface area contributed by atoms with Gasteiger partial charge in [-0.05, 0) is 18.4 Å². The van der Waals surface area contributed by atoms with Crippen LogP contribution in [0, 0.1) is 0 Å². The molecule has 2 aromatic heterocycles. The maximum atomic E-state index is 12.6. The summed E-state index contributed by atoms with van der Waals surface area (Å²) in [6.07, 6.45) is 0.532. The van der Waals surface area contributed by atoms with Gasteiger partial charge in [-0.2, -0.15) is 18.2 Å². The zero-order valence-corrected chi connectivity index (χ0v) is 17.8. The van der Waals surface area contributed by atoms with Crippen LogP contribution >= 0.6 is 0 Å². The van der Waals surface area contributed by atoms with Crippen LogP contribution in [0.15, 0.2) is 51.1 Å². The third-order valence-corrected chi connectivity index (χ3v) is 4.78. The van der Waals surface area contributed by atoms with Crippen molar-refractivity contribution in [3.05, 3.63) is 58.5 Å². The summed E-state index contributed by atoms with van der Waals surface area (Å²) in [5.74, 6) is -1.46. The summed E-state index contributed by atoms with van der Waals surface area (Å²) in [5, 5.41) is 7.13. The molecule has 1 aliphatic rings. The SMILES string of the molecule is O=c1cc(OCC=NOC2CCCCO2)ncn1Cc1ccc(-c2noc(C(F)(F)F)n2)cc1. The lowest BCUT2D eigenvalue weighted by Gasteiger charge is -2.19. The molecule has 180 valence electrons. The van der Waals surface area contributed by atoms with Gasteiger partial charge in [-0.1, -0.05) is 34.6 Å². The summed E-state index contributed by atoms with van der Waals surface area (Å²) in [4.78, 5) is 25.0. The quantitative estimate of drug-likeness (QED) is 0.357. The first-order valence-electron chi connectivity index (χ1n) is 10.4. The molecule has 1 aromatic carbocycles. The van der Waals surface area contributed by atoms with Crippen LogP contribution in [0.4, 0.5) is 13.2 Å². The molecule has 1 fully saturated rings. The van der Waals surface area contributed by atoms with E-state index < -0.39 is 12.1 Å². The van der Waals surface area contributed by atoms with E-state index in [0.717, 1.165) is 24.8 Å². The lowest BCUT2D eigenvalue weighted by atomic mass is 10.1. The van der Waals surface area contributed by atoms with Gasteiger partial charge >= 0.3 is 12.1 Å². The molecule has 1 atom stereocenters. The van der Waals surface area contributed by atoms with Crippen LogP contribution in [0.1, 0.15) is 30.7 Å². The van der Waals surface area contributed by atoms with Crippen LogP contribution in [-0.4, -0.2) is 45.4 Å². The molecule has 0 N–H and O–H groups in total. The molecule has 0 bridgehead atoms. The van der Waals surface area contributed by atoms with Gasteiger partial charge in [0, 0.05) is 12.0 Å². The number of rotatable bonds is 8. The largest absolute Gasteiger partial charge is 0.471 e. The monoisotopic (exact) mass is 479 g/mol. The van der Waals surface area contributed by atoms with Crippen LogP contribution in [-0.2, 0) is 22.3 Å². The van der Waals surface area contributed by atoms with Crippen molar-refractivity contribution >= 4 is 6.21 Å².